The third kappa shape index (κ3) is 3.19. The van der Waals surface area contributed by atoms with Crippen molar-refractivity contribution in [2.45, 2.75) is 12.1 Å². The average Bonchev–Trinajstić information content (AvgIpc) is 3.09. The third-order valence-corrected chi connectivity index (χ3v) is 5.16. The summed E-state index contributed by atoms with van der Waals surface area (Å²) in [5.41, 5.74) is 2.44. The molecule has 2 aromatic heterocycles. The number of anilines is 1. The number of thioether (sulfide) groups is 1. The predicted octanol–water partition coefficient (Wildman–Crippen LogP) is 2.62. The molecule has 8 heteroatoms. The van der Waals surface area contributed by atoms with Crippen LogP contribution in [0.3, 0.4) is 0 Å². The van der Waals surface area contributed by atoms with Gasteiger partial charge in [0.15, 0.2) is 5.16 Å². The molecule has 0 radical (unpaired) electrons. The summed E-state index contributed by atoms with van der Waals surface area (Å²) in [6.45, 7) is 1.97. The van der Waals surface area contributed by atoms with Gasteiger partial charge in [0.05, 0.1) is 16.7 Å². The van der Waals surface area contributed by atoms with Crippen LogP contribution in [0.5, 0.6) is 0 Å². The minimum absolute atomic E-state index is 0.126. The standard InChI is InChI=1S/C19H17N5O2S/c1-12-6-5-7-13(10-12)20-16(25)11-27-19-22-21-18-23(2)17(26)14-8-3-4-9-15(14)24(18)19/h3-10H,11H2,1-2H3,(H,20,25). The first-order valence-electron chi connectivity index (χ1n) is 8.37. The first-order chi connectivity index (χ1) is 13.0. The molecule has 2 aromatic carbocycles. The zero-order valence-electron chi connectivity index (χ0n) is 14.8. The monoisotopic (exact) mass is 379 g/mol. The van der Waals surface area contributed by atoms with E-state index in [1.807, 2.05) is 49.4 Å². The number of amides is 1. The Morgan fingerprint density at radius 3 is 2.78 bits per heavy atom. The highest BCUT2D eigenvalue weighted by atomic mass is 32.2. The minimum atomic E-state index is -0.128. The molecule has 0 saturated carbocycles. The molecular formula is C19H17N5O2S. The number of nitrogens with zero attached hydrogens (tertiary/aromatic N) is 4. The van der Waals surface area contributed by atoms with Crippen LogP contribution >= 0.6 is 11.8 Å². The highest BCUT2D eigenvalue weighted by molar-refractivity contribution is 7.99. The fourth-order valence-corrected chi connectivity index (χ4v) is 3.69. The highest BCUT2D eigenvalue weighted by Crippen LogP contribution is 2.21. The van der Waals surface area contributed by atoms with Crippen LogP contribution in [-0.2, 0) is 11.8 Å². The lowest BCUT2D eigenvalue weighted by atomic mass is 10.2. The SMILES string of the molecule is Cc1cccc(NC(=O)CSc2nnc3n(C)c(=O)c4ccccc4n23)c1. The number of para-hydroxylation sites is 1. The molecule has 4 aromatic rings. The Hall–Kier alpha value is -3.13. The number of hydrogen-bond acceptors (Lipinski definition) is 5. The van der Waals surface area contributed by atoms with Gasteiger partial charge in [0.2, 0.25) is 11.7 Å². The molecule has 0 unspecified atom stereocenters. The van der Waals surface area contributed by atoms with Gasteiger partial charge >= 0.3 is 0 Å². The Bertz CT molecular complexity index is 1230. The molecule has 2 heterocycles. The second-order valence-electron chi connectivity index (χ2n) is 6.21. The summed E-state index contributed by atoms with van der Waals surface area (Å²) < 4.78 is 3.27. The maximum atomic E-state index is 12.5. The van der Waals surface area contributed by atoms with Crippen molar-refractivity contribution in [3.63, 3.8) is 0 Å². The lowest BCUT2D eigenvalue weighted by Crippen LogP contribution is -2.20. The number of fused-ring (bicyclic) bond motifs is 3. The minimum Gasteiger partial charge on any atom is -0.325 e. The molecule has 0 aliphatic rings. The number of benzene rings is 2. The molecular weight excluding hydrogens is 362 g/mol. The summed E-state index contributed by atoms with van der Waals surface area (Å²) in [5, 5.41) is 12.3. The van der Waals surface area contributed by atoms with Gasteiger partial charge in [-0.1, -0.05) is 36.0 Å². The molecule has 0 aliphatic carbocycles. The van der Waals surface area contributed by atoms with E-state index in [9.17, 15) is 9.59 Å². The van der Waals surface area contributed by atoms with E-state index >= 15 is 0 Å². The fourth-order valence-electron chi connectivity index (χ4n) is 2.95. The summed E-state index contributed by atoms with van der Waals surface area (Å²) >= 11 is 1.28. The van der Waals surface area contributed by atoms with Gasteiger partial charge in [0.25, 0.3) is 5.56 Å². The van der Waals surface area contributed by atoms with E-state index in [-0.39, 0.29) is 17.2 Å². The van der Waals surface area contributed by atoms with Crippen LogP contribution in [0.4, 0.5) is 5.69 Å². The molecule has 0 spiro atoms. The van der Waals surface area contributed by atoms with Crippen molar-refractivity contribution < 1.29 is 4.79 Å². The van der Waals surface area contributed by atoms with E-state index in [2.05, 4.69) is 15.5 Å². The van der Waals surface area contributed by atoms with Crippen molar-refractivity contribution >= 4 is 40.0 Å². The lowest BCUT2D eigenvalue weighted by Gasteiger charge is -2.08. The smallest absolute Gasteiger partial charge is 0.262 e. The maximum absolute atomic E-state index is 12.5. The molecule has 0 atom stereocenters. The number of rotatable bonds is 4. The van der Waals surface area contributed by atoms with Gasteiger partial charge in [-0.2, -0.15) is 0 Å². The summed E-state index contributed by atoms with van der Waals surface area (Å²) in [6, 6.07) is 14.9. The molecule has 4 rings (SSSR count). The zero-order chi connectivity index (χ0) is 19.0. The van der Waals surface area contributed by atoms with E-state index in [0.29, 0.717) is 16.3 Å². The first kappa shape index (κ1) is 17.3. The topological polar surface area (TPSA) is 81.3 Å². The predicted molar refractivity (Wildman–Crippen MR) is 106 cm³/mol. The summed E-state index contributed by atoms with van der Waals surface area (Å²) in [7, 11) is 1.66. The van der Waals surface area contributed by atoms with Crippen molar-refractivity contribution in [1.29, 1.82) is 0 Å². The Balaban J connectivity index is 1.63. The molecule has 27 heavy (non-hydrogen) atoms. The normalized spacial score (nSPS) is 11.2. The zero-order valence-corrected chi connectivity index (χ0v) is 15.7. The Labute approximate surface area is 159 Å². The quantitative estimate of drug-likeness (QED) is 0.551. The van der Waals surface area contributed by atoms with E-state index in [1.54, 1.807) is 17.5 Å². The van der Waals surface area contributed by atoms with E-state index < -0.39 is 0 Å². The molecule has 1 N–H and O–H groups in total. The number of carbonyl (C=O) groups excluding carboxylic acids is 1. The van der Waals surface area contributed by atoms with Crippen molar-refractivity contribution in [1.82, 2.24) is 19.2 Å². The highest BCUT2D eigenvalue weighted by Gasteiger charge is 2.15. The van der Waals surface area contributed by atoms with Gasteiger partial charge in [-0.25, -0.2) is 0 Å². The summed E-state index contributed by atoms with van der Waals surface area (Å²) in [4.78, 5) is 24.8. The van der Waals surface area contributed by atoms with Crippen molar-refractivity contribution in [3.05, 3.63) is 64.4 Å². The van der Waals surface area contributed by atoms with Gasteiger partial charge in [-0.3, -0.25) is 18.6 Å². The van der Waals surface area contributed by atoms with Gasteiger partial charge < -0.3 is 5.32 Å². The second-order valence-corrected chi connectivity index (χ2v) is 7.15. The number of aryl methyl sites for hydroxylation is 2. The number of hydrogen-bond donors (Lipinski definition) is 1. The van der Waals surface area contributed by atoms with Gasteiger partial charge in [0.1, 0.15) is 0 Å². The average molecular weight is 379 g/mol. The van der Waals surface area contributed by atoms with Crippen molar-refractivity contribution in [3.8, 4) is 0 Å². The van der Waals surface area contributed by atoms with Crippen LogP contribution in [0.2, 0.25) is 0 Å². The van der Waals surface area contributed by atoms with Gasteiger partial charge in [-0.15, -0.1) is 10.2 Å². The van der Waals surface area contributed by atoms with Crippen LogP contribution in [-0.4, -0.2) is 30.8 Å². The van der Waals surface area contributed by atoms with Gasteiger partial charge in [-0.05, 0) is 36.8 Å². The molecule has 0 saturated heterocycles. The van der Waals surface area contributed by atoms with Crippen LogP contribution in [0, 0.1) is 6.92 Å². The fraction of sp³-hybridized carbons (Fsp3) is 0.158. The maximum Gasteiger partial charge on any atom is 0.262 e. The number of aromatic nitrogens is 4. The molecule has 0 bridgehead atoms. The van der Waals surface area contributed by atoms with E-state index in [4.69, 9.17) is 0 Å². The Kier molecular flexibility index (Phi) is 4.41. The number of carbonyl (C=O) groups is 1. The Morgan fingerprint density at radius 1 is 1.15 bits per heavy atom. The lowest BCUT2D eigenvalue weighted by molar-refractivity contribution is -0.113. The number of nitrogens with one attached hydrogen (secondary N) is 1. The molecule has 1 amide bonds. The van der Waals surface area contributed by atoms with Crippen LogP contribution < -0.4 is 10.9 Å². The Morgan fingerprint density at radius 2 is 1.96 bits per heavy atom. The molecule has 7 nitrogen and oxygen atoms in total. The van der Waals surface area contributed by atoms with E-state index in [1.165, 1.54) is 16.3 Å². The molecule has 0 aliphatic heterocycles. The summed E-state index contributed by atoms with van der Waals surface area (Å²) in [5.74, 6) is 0.503. The second kappa shape index (κ2) is 6.88. The van der Waals surface area contributed by atoms with E-state index in [0.717, 1.165) is 16.8 Å². The van der Waals surface area contributed by atoms with Crippen molar-refractivity contribution in [2.24, 2.45) is 7.05 Å². The van der Waals surface area contributed by atoms with Crippen LogP contribution in [0.15, 0.2) is 58.5 Å². The molecule has 136 valence electrons. The van der Waals surface area contributed by atoms with Crippen LogP contribution in [0.25, 0.3) is 16.7 Å². The first-order valence-corrected chi connectivity index (χ1v) is 9.35. The summed E-state index contributed by atoms with van der Waals surface area (Å²) in [6.07, 6.45) is 0. The molecule has 0 fully saturated rings. The van der Waals surface area contributed by atoms with Crippen LogP contribution in [0.1, 0.15) is 5.56 Å². The van der Waals surface area contributed by atoms with Crippen molar-refractivity contribution in [2.75, 3.05) is 11.1 Å². The van der Waals surface area contributed by atoms with Gasteiger partial charge in [0, 0.05) is 12.7 Å². The largest absolute Gasteiger partial charge is 0.325 e. The third-order valence-electron chi connectivity index (χ3n) is 4.23.